The zero-order valence-corrected chi connectivity index (χ0v) is 22.9. The van der Waals surface area contributed by atoms with E-state index in [1.54, 1.807) is 19.1 Å². The van der Waals surface area contributed by atoms with E-state index in [0.717, 1.165) is 0 Å². The van der Waals surface area contributed by atoms with Crippen LogP contribution in [0.25, 0.3) is 0 Å². The summed E-state index contributed by atoms with van der Waals surface area (Å²) in [6.07, 6.45) is 1.83. The second-order valence-corrected chi connectivity index (χ2v) is 14.6. The van der Waals surface area contributed by atoms with Crippen molar-refractivity contribution in [3.8, 4) is 0 Å². The van der Waals surface area contributed by atoms with E-state index in [-0.39, 0.29) is 30.0 Å². The van der Waals surface area contributed by atoms with Gasteiger partial charge in [-0.1, -0.05) is 26.8 Å². The molecule has 3 heterocycles. The molecule has 3 saturated heterocycles. The molecule has 8 nitrogen and oxygen atoms in total. The molecule has 4 N–H and O–H groups in total. The Morgan fingerprint density at radius 2 is 1.78 bits per heavy atom. The number of fused-ring (bicyclic) bond motifs is 5. The number of alkyl halides is 1. The number of ketones is 1. The summed E-state index contributed by atoms with van der Waals surface area (Å²) in [6, 6.07) is 0. The minimum Gasteiger partial charge on any atom is -0.391 e. The number of aliphatic hydroxyl groups excluding tert-OH is 2. The average molecular weight is 539 g/mol. The van der Waals surface area contributed by atoms with Crippen LogP contribution in [0.1, 0.15) is 66.7 Å². The molecule has 9 heteroatoms. The van der Waals surface area contributed by atoms with E-state index >= 15 is 0 Å². The number of allylic oxidation sites excluding steroid dienone is 2. The van der Waals surface area contributed by atoms with Gasteiger partial charge in [0.25, 0.3) is 0 Å². The summed E-state index contributed by atoms with van der Waals surface area (Å²) in [6.45, 7) is 9.35. The van der Waals surface area contributed by atoms with Crippen LogP contribution in [0.5, 0.6) is 0 Å². The summed E-state index contributed by atoms with van der Waals surface area (Å²) < 4.78 is 18.6. The summed E-state index contributed by atoms with van der Waals surface area (Å²) in [4.78, 5) is 12.4. The maximum atomic E-state index is 13.5. The summed E-state index contributed by atoms with van der Waals surface area (Å²) in [5.41, 5.74) is -5.09. The van der Waals surface area contributed by atoms with Crippen molar-refractivity contribution < 1.29 is 39.4 Å². The van der Waals surface area contributed by atoms with E-state index < -0.39 is 68.8 Å². The molecule has 3 aliphatic heterocycles. The van der Waals surface area contributed by atoms with Crippen molar-refractivity contribution in [1.82, 2.24) is 0 Å². The molecule has 0 amide bonds. The predicted octanol–water partition coefficient (Wildman–Crippen LogP) is 2.04. The quantitative estimate of drug-likeness (QED) is 0.295. The Kier molecular flexibility index (Phi) is 4.68. The van der Waals surface area contributed by atoms with Crippen molar-refractivity contribution in [3.05, 3.63) is 12.2 Å². The first-order valence-electron chi connectivity index (χ1n) is 13.8. The van der Waals surface area contributed by atoms with E-state index in [1.807, 2.05) is 27.7 Å². The van der Waals surface area contributed by atoms with Gasteiger partial charge in [0.05, 0.1) is 33.5 Å². The molecular weight excluding hydrogens is 500 g/mol. The molecule has 7 aliphatic rings. The Labute approximate surface area is 222 Å². The van der Waals surface area contributed by atoms with Gasteiger partial charge in [-0.05, 0) is 63.4 Å². The summed E-state index contributed by atoms with van der Waals surface area (Å²) in [5.74, 6) is -2.96. The van der Waals surface area contributed by atoms with E-state index in [1.165, 1.54) is 0 Å². The average Bonchev–Trinajstić information content (AvgIpc) is 3.20. The fraction of sp³-hybridized carbons (Fsp3) is 0.893. The van der Waals surface area contributed by atoms with Crippen molar-refractivity contribution >= 4 is 17.4 Å². The van der Waals surface area contributed by atoms with E-state index in [4.69, 9.17) is 25.8 Å². The van der Waals surface area contributed by atoms with Gasteiger partial charge in [0.15, 0.2) is 17.9 Å². The van der Waals surface area contributed by atoms with Gasteiger partial charge < -0.3 is 34.6 Å². The Balaban J connectivity index is 1.34. The van der Waals surface area contributed by atoms with E-state index in [9.17, 15) is 25.2 Å². The zero-order valence-electron chi connectivity index (χ0n) is 22.1. The lowest BCUT2D eigenvalue weighted by Gasteiger charge is -2.69. The van der Waals surface area contributed by atoms with Crippen LogP contribution in [0.3, 0.4) is 0 Å². The molecule has 6 fully saturated rings. The lowest BCUT2D eigenvalue weighted by Crippen LogP contribution is -2.78. The van der Waals surface area contributed by atoms with Crippen molar-refractivity contribution in [2.45, 2.75) is 119 Å². The standard InChI is InChI=1S/C28H39ClO8/c1-13-19(20-24(4)25(5,37-24)21(32)35-20)36-28(34)12-16-14(15-8-10-27(13,33)23(15,28)3)11-18(31)26(29)9-6-7-17(30)22(16,26)2/h6-7,13-16,18-21,31-34H,8-12H2,1-5H3/t13-,14+,15+,16+,18-,19+,20+,21+,22+,23+,24+,25-,26+,27-,28+/m1/s1. The van der Waals surface area contributed by atoms with E-state index in [0.29, 0.717) is 25.7 Å². The minimum atomic E-state index is -1.77. The highest BCUT2D eigenvalue weighted by molar-refractivity contribution is 6.28. The molecule has 0 bridgehead atoms. The van der Waals surface area contributed by atoms with Gasteiger partial charge in [0.1, 0.15) is 17.3 Å². The normalized spacial score (nSPS) is 67.6. The van der Waals surface area contributed by atoms with Crippen LogP contribution < -0.4 is 0 Å². The molecular formula is C28H39ClO8. The molecule has 0 aromatic carbocycles. The highest BCUT2D eigenvalue weighted by Crippen LogP contribution is 2.75. The van der Waals surface area contributed by atoms with Crippen molar-refractivity contribution in [1.29, 1.82) is 0 Å². The van der Waals surface area contributed by atoms with Crippen LogP contribution >= 0.6 is 11.6 Å². The molecule has 15 atom stereocenters. The Morgan fingerprint density at radius 3 is 2.41 bits per heavy atom. The van der Waals surface area contributed by atoms with Crippen LogP contribution in [0.15, 0.2) is 12.2 Å². The van der Waals surface area contributed by atoms with Crippen LogP contribution in [-0.2, 0) is 19.0 Å². The summed E-state index contributed by atoms with van der Waals surface area (Å²) in [5, 5.41) is 46.9. The lowest BCUT2D eigenvalue weighted by molar-refractivity contribution is -0.422. The number of hydrogen-bond donors (Lipinski definition) is 4. The van der Waals surface area contributed by atoms with Gasteiger partial charge in [0.2, 0.25) is 0 Å². The molecule has 0 aromatic rings. The number of aliphatic hydroxyl groups is 4. The SMILES string of the molecule is C[C@@H]1[C@@H]([C@@H]2O[C@H](O)[C@@]3(C)O[C@@]23C)O[C@@]2(O)C[C@H]3[C@@H](C[C@@H](O)[C@@]4(Cl)CC=CC(=O)[C@]34C)[C@@H]3CC[C@]1(O)[C@]32C. The maximum Gasteiger partial charge on any atom is 0.187 e. The smallest absolute Gasteiger partial charge is 0.187 e. The topological polar surface area (TPSA) is 129 Å². The van der Waals surface area contributed by atoms with Crippen LogP contribution in [-0.4, -0.2) is 78.3 Å². The third-order valence-corrected chi connectivity index (χ3v) is 14.0. The highest BCUT2D eigenvalue weighted by Gasteiger charge is 2.84. The molecule has 3 saturated carbocycles. The third kappa shape index (κ3) is 2.40. The number of carbonyl (C=O) groups excluding carboxylic acids is 1. The van der Waals surface area contributed by atoms with Crippen LogP contribution in [0.4, 0.5) is 0 Å². The molecule has 37 heavy (non-hydrogen) atoms. The first-order valence-corrected chi connectivity index (χ1v) is 14.2. The molecule has 7 rings (SSSR count). The van der Waals surface area contributed by atoms with Crippen molar-refractivity contribution in [2.24, 2.45) is 34.5 Å². The molecule has 4 aliphatic carbocycles. The van der Waals surface area contributed by atoms with Crippen LogP contribution in [0.2, 0.25) is 0 Å². The minimum absolute atomic E-state index is 0.105. The van der Waals surface area contributed by atoms with Gasteiger partial charge in [0, 0.05) is 12.3 Å². The second kappa shape index (κ2) is 6.82. The summed E-state index contributed by atoms with van der Waals surface area (Å²) in [7, 11) is 0. The summed E-state index contributed by atoms with van der Waals surface area (Å²) >= 11 is 7.14. The van der Waals surface area contributed by atoms with Crippen molar-refractivity contribution in [2.75, 3.05) is 0 Å². The first kappa shape index (κ1) is 25.4. The second-order valence-electron chi connectivity index (χ2n) is 13.9. The van der Waals surface area contributed by atoms with Gasteiger partial charge in [-0.25, -0.2) is 0 Å². The molecule has 0 aromatic heterocycles. The fourth-order valence-corrected chi connectivity index (χ4v) is 10.8. The van der Waals surface area contributed by atoms with Gasteiger partial charge in [-0.3, -0.25) is 4.79 Å². The largest absolute Gasteiger partial charge is 0.391 e. The molecule has 0 unspecified atom stereocenters. The Morgan fingerprint density at radius 1 is 1.08 bits per heavy atom. The number of halogens is 1. The number of epoxide rings is 1. The first-order chi connectivity index (χ1) is 17.1. The Hall–Kier alpha value is -0.580. The van der Waals surface area contributed by atoms with Gasteiger partial charge >= 0.3 is 0 Å². The Bertz CT molecular complexity index is 1120. The number of ether oxygens (including phenoxy) is 3. The zero-order chi connectivity index (χ0) is 26.8. The molecule has 0 radical (unpaired) electrons. The van der Waals surface area contributed by atoms with E-state index in [2.05, 4.69) is 0 Å². The lowest BCUT2D eigenvalue weighted by atomic mass is 9.41. The number of rotatable bonds is 1. The van der Waals surface area contributed by atoms with Crippen molar-refractivity contribution in [3.63, 3.8) is 0 Å². The number of hydrogen-bond acceptors (Lipinski definition) is 8. The maximum absolute atomic E-state index is 13.5. The van der Waals surface area contributed by atoms with Gasteiger partial charge in [-0.15, -0.1) is 11.6 Å². The highest BCUT2D eigenvalue weighted by atomic mass is 35.5. The molecule has 206 valence electrons. The number of carbonyl (C=O) groups is 1. The molecule has 0 spiro atoms. The predicted molar refractivity (Wildman–Crippen MR) is 131 cm³/mol. The van der Waals surface area contributed by atoms with Gasteiger partial charge in [-0.2, -0.15) is 0 Å². The third-order valence-electron chi connectivity index (χ3n) is 13.2. The monoisotopic (exact) mass is 538 g/mol. The fourth-order valence-electron chi connectivity index (χ4n) is 10.4. The van der Waals surface area contributed by atoms with Crippen LogP contribution in [0, 0.1) is 34.5 Å².